The summed E-state index contributed by atoms with van der Waals surface area (Å²) in [4.78, 5) is 26.3. The van der Waals surface area contributed by atoms with E-state index in [0.717, 1.165) is 30.7 Å². The molecule has 1 saturated carbocycles. The van der Waals surface area contributed by atoms with E-state index in [2.05, 4.69) is 15.2 Å². The van der Waals surface area contributed by atoms with Gasteiger partial charge in [0, 0.05) is 12.2 Å². The molecule has 1 aliphatic carbocycles. The van der Waals surface area contributed by atoms with Crippen LogP contribution in [0.5, 0.6) is 0 Å². The monoisotopic (exact) mass is 296 g/mol. The Kier molecular flexibility index (Phi) is 3.05. The number of aromatic carboxylic acids is 1. The standard InChI is InChI=1S/C11H9FN4O3S/c12-7-6(9(17)18)3-4-13-8(7)20-11-15-14-10(19)16(11)5-1-2-5/h3-5H,1-2H2,(H,14,19)(H,17,18). The van der Waals surface area contributed by atoms with Gasteiger partial charge in [-0.25, -0.2) is 24.1 Å². The zero-order chi connectivity index (χ0) is 14.3. The Morgan fingerprint density at radius 1 is 1.55 bits per heavy atom. The number of hydrogen-bond acceptors (Lipinski definition) is 5. The molecule has 0 spiro atoms. The van der Waals surface area contributed by atoms with Gasteiger partial charge in [0.1, 0.15) is 5.03 Å². The number of rotatable bonds is 4. The van der Waals surface area contributed by atoms with Gasteiger partial charge < -0.3 is 5.11 Å². The van der Waals surface area contributed by atoms with Crippen LogP contribution in [0.4, 0.5) is 4.39 Å². The van der Waals surface area contributed by atoms with Crippen molar-refractivity contribution in [2.24, 2.45) is 0 Å². The van der Waals surface area contributed by atoms with Crippen LogP contribution < -0.4 is 5.69 Å². The Bertz CT molecular complexity index is 738. The second kappa shape index (κ2) is 4.75. The Hall–Kier alpha value is -2.16. The van der Waals surface area contributed by atoms with Gasteiger partial charge in [-0.15, -0.1) is 5.10 Å². The van der Waals surface area contributed by atoms with Crippen LogP contribution in [0.1, 0.15) is 29.2 Å². The van der Waals surface area contributed by atoms with E-state index in [1.54, 1.807) is 0 Å². The van der Waals surface area contributed by atoms with E-state index in [1.165, 1.54) is 10.8 Å². The minimum atomic E-state index is -1.37. The number of halogens is 1. The minimum absolute atomic E-state index is 0.0782. The summed E-state index contributed by atoms with van der Waals surface area (Å²) in [5.74, 6) is -2.30. The SMILES string of the molecule is O=C(O)c1ccnc(Sc2n[nH]c(=O)n2C2CC2)c1F. The number of aromatic nitrogens is 4. The fraction of sp³-hybridized carbons (Fsp3) is 0.273. The molecule has 1 aliphatic rings. The van der Waals surface area contributed by atoms with Crippen molar-refractivity contribution in [3.63, 3.8) is 0 Å². The predicted molar refractivity (Wildman–Crippen MR) is 66.4 cm³/mol. The summed E-state index contributed by atoms with van der Waals surface area (Å²) in [6.45, 7) is 0. The maximum absolute atomic E-state index is 14.0. The smallest absolute Gasteiger partial charge is 0.344 e. The van der Waals surface area contributed by atoms with Crippen LogP contribution in [0.25, 0.3) is 0 Å². The lowest BCUT2D eigenvalue weighted by molar-refractivity contribution is 0.0691. The molecular weight excluding hydrogens is 287 g/mol. The number of nitrogens with zero attached hydrogens (tertiary/aromatic N) is 3. The van der Waals surface area contributed by atoms with Gasteiger partial charge in [-0.2, -0.15) is 0 Å². The molecular formula is C11H9FN4O3S. The zero-order valence-electron chi connectivity index (χ0n) is 10.0. The Morgan fingerprint density at radius 2 is 2.30 bits per heavy atom. The minimum Gasteiger partial charge on any atom is -0.478 e. The highest BCUT2D eigenvalue weighted by Gasteiger charge is 2.29. The topological polar surface area (TPSA) is 101 Å². The first-order valence-electron chi connectivity index (χ1n) is 5.80. The number of pyridine rings is 1. The van der Waals surface area contributed by atoms with Crippen LogP contribution in [0, 0.1) is 5.82 Å². The van der Waals surface area contributed by atoms with Crippen LogP contribution in [0.15, 0.2) is 27.2 Å². The molecule has 2 aromatic rings. The van der Waals surface area contributed by atoms with Gasteiger partial charge >= 0.3 is 11.7 Å². The van der Waals surface area contributed by atoms with E-state index in [0.29, 0.717) is 0 Å². The van der Waals surface area contributed by atoms with E-state index in [9.17, 15) is 14.0 Å². The molecule has 0 aromatic carbocycles. The maximum atomic E-state index is 14.0. The first-order chi connectivity index (χ1) is 9.58. The third-order valence-corrected chi connectivity index (χ3v) is 3.81. The zero-order valence-corrected chi connectivity index (χ0v) is 10.9. The summed E-state index contributed by atoms with van der Waals surface area (Å²) in [6.07, 6.45) is 2.96. The number of carboxylic acids is 1. The fourth-order valence-electron chi connectivity index (χ4n) is 1.76. The lowest BCUT2D eigenvalue weighted by Gasteiger charge is -2.05. The summed E-state index contributed by atoms with van der Waals surface area (Å²) in [5.41, 5.74) is -0.817. The molecule has 2 aromatic heterocycles. The first-order valence-corrected chi connectivity index (χ1v) is 6.62. The highest BCUT2D eigenvalue weighted by atomic mass is 32.2. The number of H-pyrrole nitrogens is 1. The number of aromatic amines is 1. The van der Waals surface area contributed by atoms with Crippen molar-refractivity contribution in [2.45, 2.75) is 29.1 Å². The molecule has 7 nitrogen and oxygen atoms in total. The van der Waals surface area contributed by atoms with Crippen molar-refractivity contribution < 1.29 is 14.3 Å². The van der Waals surface area contributed by atoms with Gasteiger partial charge in [0.15, 0.2) is 11.0 Å². The van der Waals surface area contributed by atoms with E-state index in [-0.39, 0.29) is 21.9 Å². The average Bonchev–Trinajstić information content (AvgIpc) is 3.17. The van der Waals surface area contributed by atoms with Crippen molar-refractivity contribution in [1.82, 2.24) is 19.7 Å². The first kappa shape index (κ1) is 12.9. The van der Waals surface area contributed by atoms with Crippen molar-refractivity contribution in [3.05, 3.63) is 34.1 Å². The van der Waals surface area contributed by atoms with Gasteiger partial charge in [-0.3, -0.25) is 4.57 Å². The molecule has 9 heteroatoms. The number of hydrogen-bond donors (Lipinski definition) is 2. The highest BCUT2D eigenvalue weighted by Crippen LogP contribution is 2.37. The van der Waals surface area contributed by atoms with Gasteiger partial charge in [-0.05, 0) is 30.7 Å². The molecule has 3 rings (SSSR count). The molecule has 0 saturated heterocycles. The Morgan fingerprint density at radius 3 is 2.95 bits per heavy atom. The number of nitrogens with one attached hydrogen (secondary N) is 1. The molecule has 0 bridgehead atoms. The molecule has 0 amide bonds. The van der Waals surface area contributed by atoms with Crippen LogP contribution in [0.3, 0.4) is 0 Å². The Labute approximate surface area is 115 Å². The molecule has 0 atom stereocenters. The second-order valence-electron chi connectivity index (χ2n) is 4.30. The average molecular weight is 296 g/mol. The van der Waals surface area contributed by atoms with E-state index in [4.69, 9.17) is 5.11 Å². The van der Waals surface area contributed by atoms with E-state index in [1.807, 2.05) is 0 Å². The summed E-state index contributed by atoms with van der Waals surface area (Å²) in [6, 6.07) is 1.16. The quantitative estimate of drug-likeness (QED) is 0.881. The Balaban J connectivity index is 1.98. The third-order valence-electron chi connectivity index (χ3n) is 2.86. The molecule has 20 heavy (non-hydrogen) atoms. The van der Waals surface area contributed by atoms with E-state index >= 15 is 0 Å². The molecule has 0 aliphatic heterocycles. The molecule has 1 fully saturated rings. The molecule has 2 heterocycles. The number of carbonyl (C=O) groups is 1. The van der Waals surface area contributed by atoms with Gasteiger partial charge in [0.2, 0.25) is 0 Å². The van der Waals surface area contributed by atoms with Gasteiger partial charge in [-0.1, -0.05) is 0 Å². The van der Waals surface area contributed by atoms with Crippen LogP contribution >= 0.6 is 11.8 Å². The van der Waals surface area contributed by atoms with Crippen LogP contribution in [-0.2, 0) is 0 Å². The summed E-state index contributed by atoms with van der Waals surface area (Å²) < 4.78 is 15.4. The van der Waals surface area contributed by atoms with Gasteiger partial charge in [0.05, 0.1) is 5.56 Å². The molecule has 0 radical (unpaired) electrons. The van der Waals surface area contributed by atoms with Crippen LogP contribution in [0.2, 0.25) is 0 Å². The van der Waals surface area contributed by atoms with Crippen molar-refractivity contribution in [3.8, 4) is 0 Å². The predicted octanol–water partition coefficient (Wildman–Crippen LogP) is 1.29. The molecule has 0 unspecified atom stereocenters. The summed E-state index contributed by atoms with van der Waals surface area (Å²) >= 11 is 0.833. The van der Waals surface area contributed by atoms with Crippen LogP contribution in [-0.4, -0.2) is 30.8 Å². The largest absolute Gasteiger partial charge is 0.478 e. The normalized spacial score (nSPS) is 14.4. The molecule has 2 N–H and O–H groups in total. The van der Waals surface area contributed by atoms with Gasteiger partial charge in [0.25, 0.3) is 0 Å². The highest BCUT2D eigenvalue weighted by molar-refractivity contribution is 7.99. The maximum Gasteiger partial charge on any atom is 0.344 e. The van der Waals surface area contributed by atoms with Crippen molar-refractivity contribution in [1.29, 1.82) is 0 Å². The van der Waals surface area contributed by atoms with Crippen molar-refractivity contribution >= 4 is 17.7 Å². The van der Waals surface area contributed by atoms with E-state index < -0.39 is 17.3 Å². The third kappa shape index (κ3) is 2.20. The summed E-state index contributed by atoms with van der Waals surface area (Å²) in [7, 11) is 0. The molecule has 104 valence electrons. The lowest BCUT2D eigenvalue weighted by atomic mass is 10.3. The number of carboxylic acid groups (broad SMARTS) is 1. The fourth-order valence-corrected chi connectivity index (χ4v) is 2.67. The van der Waals surface area contributed by atoms with Crippen molar-refractivity contribution in [2.75, 3.05) is 0 Å². The second-order valence-corrected chi connectivity index (χ2v) is 5.25. The summed E-state index contributed by atoms with van der Waals surface area (Å²) in [5, 5.41) is 15.2. The lowest BCUT2D eigenvalue weighted by Crippen LogP contribution is -2.16.